The van der Waals surface area contributed by atoms with E-state index in [4.69, 9.17) is 50.1 Å². The summed E-state index contributed by atoms with van der Waals surface area (Å²) in [4.78, 5) is 149. The van der Waals surface area contributed by atoms with Crippen molar-refractivity contribution in [2.45, 2.75) is 182 Å². The summed E-state index contributed by atoms with van der Waals surface area (Å²) in [5.74, 6) is -3.33. The Kier molecular flexibility index (Phi) is 61.4. The van der Waals surface area contributed by atoms with E-state index in [1.165, 1.54) is 9.80 Å². The number of hydrogen-bond donors (Lipinski definition) is 10. The molecular formula is C64H120N12O20. The van der Waals surface area contributed by atoms with Gasteiger partial charge in [0, 0.05) is 130 Å². The van der Waals surface area contributed by atoms with Crippen molar-refractivity contribution >= 4 is 71.8 Å². The zero-order valence-corrected chi connectivity index (χ0v) is 58.1. The van der Waals surface area contributed by atoms with Crippen LogP contribution in [0.5, 0.6) is 0 Å². The maximum atomic E-state index is 12.9. The molecule has 10 amide bonds. The second-order valence-electron chi connectivity index (χ2n) is 22.3. The van der Waals surface area contributed by atoms with Crippen LogP contribution in [0.2, 0.25) is 0 Å². The summed E-state index contributed by atoms with van der Waals surface area (Å²) in [5, 5.41) is 33.7. The third kappa shape index (κ3) is 58.1. The molecule has 0 aliphatic heterocycles. The molecule has 0 bridgehead atoms. The predicted molar refractivity (Wildman–Crippen MR) is 358 cm³/mol. The zero-order chi connectivity index (χ0) is 71.7. The molecule has 556 valence electrons. The highest BCUT2D eigenvalue weighted by Gasteiger charge is 2.19. The van der Waals surface area contributed by atoms with Gasteiger partial charge in [-0.15, -0.1) is 0 Å². The van der Waals surface area contributed by atoms with Crippen molar-refractivity contribution in [1.82, 2.24) is 51.5 Å². The van der Waals surface area contributed by atoms with E-state index in [1.54, 1.807) is 9.80 Å². The minimum absolute atomic E-state index is 0.0160. The number of rotatable bonds is 60. The highest BCUT2D eigenvalue weighted by Crippen LogP contribution is 2.06. The number of amides is 10. The lowest BCUT2D eigenvalue weighted by Gasteiger charge is -2.23. The molecule has 0 rings (SSSR count). The van der Waals surface area contributed by atoms with Crippen molar-refractivity contribution < 1.29 is 96.2 Å². The molecule has 0 heterocycles. The SMILES string of the molecule is CCCN(CCC)C(=O)OCCOCCOC(=O)N(CCNC(=O)CCCCCN)CCNC(=O)CCCCCN.CCCN(CCC)C(=O)OCCOCCOC(=O)N(CCNC(=O)CCCCCNC(=O)CCC(=O)O)CCNC(=O)CCCCCNC(=O)CCC(=O)O. The molecule has 0 aliphatic carbocycles. The smallest absolute Gasteiger partial charge is 0.409 e. The first-order valence-electron chi connectivity index (χ1n) is 34.5. The lowest BCUT2D eigenvalue weighted by atomic mass is 10.2. The van der Waals surface area contributed by atoms with Gasteiger partial charge in [-0.3, -0.25) is 38.4 Å². The molecule has 0 spiro atoms. The summed E-state index contributed by atoms with van der Waals surface area (Å²) in [6.07, 6.45) is 10.9. The molecule has 12 N–H and O–H groups in total. The van der Waals surface area contributed by atoms with E-state index in [2.05, 4.69) is 31.9 Å². The minimum Gasteiger partial charge on any atom is -0.481 e. The van der Waals surface area contributed by atoms with Crippen LogP contribution in [0.15, 0.2) is 0 Å². The molecule has 0 fully saturated rings. The van der Waals surface area contributed by atoms with Crippen LogP contribution in [-0.2, 0) is 66.8 Å². The average Bonchev–Trinajstić information content (AvgIpc) is 3.71. The molecule has 0 aromatic heterocycles. The van der Waals surface area contributed by atoms with Gasteiger partial charge in [-0.2, -0.15) is 0 Å². The lowest BCUT2D eigenvalue weighted by Crippen LogP contribution is -2.43. The van der Waals surface area contributed by atoms with Crippen molar-refractivity contribution in [3.63, 3.8) is 0 Å². The third-order valence-electron chi connectivity index (χ3n) is 13.8. The van der Waals surface area contributed by atoms with E-state index < -0.39 is 30.2 Å². The number of carbonyl (C=O) groups is 12. The first kappa shape index (κ1) is 90.7. The van der Waals surface area contributed by atoms with Crippen LogP contribution in [0.25, 0.3) is 0 Å². The van der Waals surface area contributed by atoms with Gasteiger partial charge >= 0.3 is 36.3 Å². The summed E-state index contributed by atoms with van der Waals surface area (Å²) < 4.78 is 32.0. The fourth-order valence-corrected chi connectivity index (χ4v) is 8.71. The second kappa shape index (κ2) is 65.0. The fraction of sp³-hybridized carbons (Fsp3) is 0.812. The van der Waals surface area contributed by atoms with E-state index in [-0.39, 0.29) is 185 Å². The molecule has 0 aromatic carbocycles. The fourth-order valence-electron chi connectivity index (χ4n) is 8.71. The van der Waals surface area contributed by atoms with E-state index in [0.29, 0.717) is 104 Å². The topological polar surface area (TPSA) is 438 Å². The number of ether oxygens (including phenoxy) is 6. The van der Waals surface area contributed by atoms with Gasteiger partial charge in [-0.05, 0) is 90.1 Å². The van der Waals surface area contributed by atoms with Gasteiger partial charge in [0.15, 0.2) is 0 Å². The molecule has 0 aromatic rings. The number of nitrogens with zero attached hydrogens (tertiary/aromatic N) is 4. The van der Waals surface area contributed by atoms with Crippen LogP contribution in [0.1, 0.15) is 182 Å². The van der Waals surface area contributed by atoms with Crippen molar-refractivity contribution in [2.75, 3.05) is 158 Å². The maximum Gasteiger partial charge on any atom is 0.409 e. The van der Waals surface area contributed by atoms with E-state index in [0.717, 1.165) is 64.2 Å². The standard InChI is InChI=1S/C36H64N6O13.C28H56N6O7/c1-3-21-41(22-4-2)35(51)54-27-25-53-26-28-55-36(52)42(23-19-39-29(43)11-7-5-9-17-37-31(45)13-15-33(47)48)24-20-40-30(44)12-8-6-10-18-38-32(46)14-16-34(49)50;1-3-17-33(18-4-2)27(37)40-23-21-39-22-24-41-28(38)34(19-15-31-25(35)11-7-5-9-13-29)20-16-32-26(36)12-8-6-10-14-30/h3-28H2,1-2H3,(H,37,45)(H,38,46)(H,39,43)(H,40,44)(H,47,48)(H,49,50);3-24,29-30H2,1-2H3,(H,31,35)(H,32,36). The van der Waals surface area contributed by atoms with Crippen LogP contribution >= 0.6 is 0 Å². The summed E-state index contributed by atoms with van der Waals surface area (Å²) in [6, 6.07) is 0. The molecule has 32 heteroatoms. The van der Waals surface area contributed by atoms with Gasteiger partial charge in [0.05, 0.1) is 39.3 Å². The number of aliphatic carboxylic acids is 2. The highest BCUT2D eigenvalue weighted by atomic mass is 16.6. The first-order valence-corrected chi connectivity index (χ1v) is 34.5. The Morgan fingerprint density at radius 1 is 0.281 bits per heavy atom. The number of unbranched alkanes of at least 4 members (excludes halogenated alkanes) is 8. The third-order valence-corrected chi connectivity index (χ3v) is 13.8. The van der Waals surface area contributed by atoms with Crippen LogP contribution < -0.4 is 43.4 Å². The number of hydrogen-bond acceptors (Lipinski definition) is 20. The van der Waals surface area contributed by atoms with Gasteiger partial charge in [-0.1, -0.05) is 53.4 Å². The summed E-state index contributed by atoms with van der Waals surface area (Å²) in [6.45, 7) is 14.7. The van der Waals surface area contributed by atoms with Crippen LogP contribution in [0, 0.1) is 0 Å². The number of carbonyl (C=O) groups excluding carboxylic acids is 10. The van der Waals surface area contributed by atoms with Gasteiger partial charge in [0.2, 0.25) is 35.4 Å². The van der Waals surface area contributed by atoms with E-state index in [1.807, 2.05) is 27.7 Å². The minimum atomic E-state index is -1.04. The summed E-state index contributed by atoms with van der Waals surface area (Å²) in [5.41, 5.74) is 11.0. The molecule has 0 saturated carbocycles. The normalized spacial score (nSPS) is 10.6. The van der Waals surface area contributed by atoms with Gasteiger partial charge in [-0.25, -0.2) is 19.2 Å². The molecule has 0 aliphatic rings. The van der Waals surface area contributed by atoms with E-state index >= 15 is 0 Å². The molecule has 32 nitrogen and oxygen atoms in total. The molecule has 96 heavy (non-hydrogen) atoms. The number of nitrogens with one attached hydrogen (secondary N) is 6. The average molecular weight is 1380 g/mol. The Bertz CT molecular complexity index is 2030. The van der Waals surface area contributed by atoms with Crippen molar-refractivity contribution in [2.24, 2.45) is 11.5 Å². The second-order valence-corrected chi connectivity index (χ2v) is 22.3. The zero-order valence-electron chi connectivity index (χ0n) is 58.1. The molecule has 0 saturated heterocycles. The molecule has 0 unspecified atom stereocenters. The molecule has 0 atom stereocenters. The molecule has 0 radical (unpaired) electrons. The number of carboxylic acid groups (broad SMARTS) is 2. The van der Waals surface area contributed by atoms with Gasteiger partial charge in [0.25, 0.3) is 0 Å². The largest absolute Gasteiger partial charge is 0.481 e. The lowest BCUT2D eigenvalue weighted by molar-refractivity contribution is -0.139. The van der Waals surface area contributed by atoms with Crippen LogP contribution in [0.4, 0.5) is 19.2 Å². The van der Waals surface area contributed by atoms with Crippen molar-refractivity contribution in [3.05, 3.63) is 0 Å². The quantitative estimate of drug-likeness (QED) is 0.0304. The van der Waals surface area contributed by atoms with Crippen molar-refractivity contribution in [1.29, 1.82) is 0 Å². The van der Waals surface area contributed by atoms with Crippen molar-refractivity contribution in [3.8, 4) is 0 Å². The maximum absolute atomic E-state index is 12.9. The number of nitrogens with two attached hydrogens (primary N) is 2. The Morgan fingerprint density at radius 3 is 0.750 bits per heavy atom. The van der Waals surface area contributed by atoms with E-state index in [9.17, 15) is 57.5 Å². The summed E-state index contributed by atoms with van der Waals surface area (Å²) in [7, 11) is 0. The van der Waals surface area contributed by atoms with Crippen LogP contribution in [0.3, 0.4) is 0 Å². The first-order chi connectivity index (χ1) is 46.3. The Hall–Kier alpha value is -7.32. The Balaban J connectivity index is 0. The highest BCUT2D eigenvalue weighted by molar-refractivity contribution is 5.81. The van der Waals surface area contributed by atoms with Crippen LogP contribution in [-0.4, -0.2) is 259 Å². The Morgan fingerprint density at radius 2 is 0.510 bits per heavy atom. The molecular weight excluding hydrogens is 1260 g/mol. The van der Waals surface area contributed by atoms with Gasteiger partial charge < -0.3 is 102 Å². The number of carboxylic acids is 2. The van der Waals surface area contributed by atoms with Gasteiger partial charge in [0.1, 0.15) is 26.4 Å². The Labute approximate surface area is 568 Å². The predicted octanol–water partition coefficient (Wildman–Crippen LogP) is 3.99. The summed E-state index contributed by atoms with van der Waals surface area (Å²) >= 11 is 0. The monoisotopic (exact) mass is 1380 g/mol.